The van der Waals surface area contributed by atoms with Gasteiger partial charge in [0.1, 0.15) is 0 Å². The van der Waals surface area contributed by atoms with E-state index in [-0.39, 0.29) is 30.1 Å². The lowest BCUT2D eigenvalue weighted by atomic mass is 10.1. The number of nitrogens with zero attached hydrogens (tertiary/aromatic N) is 1. The first kappa shape index (κ1) is 20.4. The van der Waals surface area contributed by atoms with Crippen molar-refractivity contribution in [3.8, 4) is 0 Å². The molecule has 1 fully saturated rings. The highest BCUT2D eigenvalue weighted by Crippen LogP contribution is 2.33. The number of carbonyl (C=O) groups is 3. The first-order valence-corrected chi connectivity index (χ1v) is 8.80. The van der Waals surface area contributed by atoms with Crippen molar-refractivity contribution >= 4 is 29.1 Å². The van der Waals surface area contributed by atoms with Gasteiger partial charge in [-0.05, 0) is 30.3 Å². The molecule has 3 amide bonds. The summed E-state index contributed by atoms with van der Waals surface area (Å²) in [6, 6.07) is 10.8. The highest BCUT2D eigenvalue weighted by molar-refractivity contribution is 6.07. The van der Waals surface area contributed by atoms with Crippen molar-refractivity contribution in [3.63, 3.8) is 0 Å². The Labute approximate surface area is 164 Å². The van der Waals surface area contributed by atoms with Crippen LogP contribution in [0.1, 0.15) is 22.3 Å². The van der Waals surface area contributed by atoms with E-state index in [4.69, 9.17) is 0 Å². The molecule has 0 bridgehead atoms. The number of anilines is 2. The second kappa shape index (κ2) is 7.94. The molecule has 0 saturated carbocycles. The Hall–Kier alpha value is -3.36. The zero-order valence-electron chi connectivity index (χ0n) is 15.4. The lowest BCUT2D eigenvalue weighted by molar-refractivity contribution is -0.137. The van der Waals surface area contributed by atoms with Crippen LogP contribution in [0.4, 0.5) is 24.5 Å². The fourth-order valence-electron chi connectivity index (χ4n) is 3.14. The van der Waals surface area contributed by atoms with Crippen molar-refractivity contribution in [3.05, 3.63) is 59.7 Å². The summed E-state index contributed by atoms with van der Waals surface area (Å²) in [5.74, 6) is -2.06. The average Bonchev–Trinajstić information content (AvgIpc) is 3.09. The topological polar surface area (TPSA) is 78.5 Å². The molecule has 1 atom stereocenters. The molecule has 152 valence electrons. The minimum Gasteiger partial charge on any atom is -0.355 e. The number of rotatable bonds is 4. The van der Waals surface area contributed by atoms with Crippen molar-refractivity contribution in [2.75, 3.05) is 23.8 Å². The number of amides is 3. The van der Waals surface area contributed by atoms with E-state index in [0.717, 1.165) is 12.1 Å². The van der Waals surface area contributed by atoms with Crippen LogP contribution in [-0.2, 0) is 15.8 Å². The summed E-state index contributed by atoms with van der Waals surface area (Å²) in [5, 5.41) is 5.11. The van der Waals surface area contributed by atoms with Crippen LogP contribution in [0.2, 0.25) is 0 Å². The van der Waals surface area contributed by atoms with E-state index in [1.54, 1.807) is 24.3 Å². The Morgan fingerprint density at radius 2 is 1.83 bits per heavy atom. The summed E-state index contributed by atoms with van der Waals surface area (Å²) in [7, 11) is 1.46. The van der Waals surface area contributed by atoms with Crippen molar-refractivity contribution in [2.24, 2.45) is 5.92 Å². The molecule has 3 rings (SSSR count). The van der Waals surface area contributed by atoms with Gasteiger partial charge in [0.15, 0.2) is 0 Å². The van der Waals surface area contributed by atoms with Gasteiger partial charge in [0.25, 0.3) is 5.91 Å². The molecule has 0 aromatic heterocycles. The molecule has 0 aliphatic carbocycles. The van der Waals surface area contributed by atoms with E-state index >= 15 is 0 Å². The van der Waals surface area contributed by atoms with E-state index in [0.29, 0.717) is 5.69 Å². The average molecular weight is 405 g/mol. The van der Waals surface area contributed by atoms with Crippen LogP contribution in [-0.4, -0.2) is 31.3 Å². The monoisotopic (exact) mass is 405 g/mol. The molecule has 1 aliphatic rings. The number of hydrogen-bond donors (Lipinski definition) is 2. The maximum atomic E-state index is 12.9. The van der Waals surface area contributed by atoms with Crippen molar-refractivity contribution in [1.82, 2.24) is 5.32 Å². The molecule has 0 unspecified atom stereocenters. The van der Waals surface area contributed by atoms with Gasteiger partial charge in [-0.25, -0.2) is 0 Å². The van der Waals surface area contributed by atoms with Gasteiger partial charge in [-0.3, -0.25) is 14.4 Å². The lowest BCUT2D eigenvalue weighted by Crippen LogP contribution is -2.29. The van der Waals surface area contributed by atoms with Crippen LogP contribution in [0, 0.1) is 5.92 Å². The Balaban J connectivity index is 1.76. The standard InChI is InChI=1S/C20H18F3N3O3/c1-24-19(29)15-7-2-3-8-16(15)25-18(28)12-9-17(27)26(11-12)14-6-4-5-13(10-14)20(21,22)23/h2-8,10,12H,9,11H2,1H3,(H,24,29)(H,25,28)/t12-/m1/s1. The van der Waals surface area contributed by atoms with Crippen LogP contribution < -0.4 is 15.5 Å². The molecule has 29 heavy (non-hydrogen) atoms. The van der Waals surface area contributed by atoms with Crippen LogP contribution in [0.25, 0.3) is 0 Å². The van der Waals surface area contributed by atoms with Gasteiger partial charge in [0, 0.05) is 25.7 Å². The molecule has 9 heteroatoms. The number of benzene rings is 2. The predicted octanol–water partition coefficient (Wildman–Crippen LogP) is 3.06. The van der Waals surface area contributed by atoms with Gasteiger partial charge >= 0.3 is 6.18 Å². The predicted molar refractivity (Wildman–Crippen MR) is 100 cm³/mol. The van der Waals surface area contributed by atoms with Crippen LogP contribution in [0.3, 0.4) is 0 Å². The van der Waals surface area contributed by atoms with Crippen molar-refractivity contribution in [2.45, 2.75) is 12.6 Å². The largest absolute Gasteiger partial charge is 0.416 e. The molecular formula is C20H18F3N3O3. The second-order valence-corrected chi connectivity index (χ2v) is 6.57. The molecule has 1 heterocycles. The molecule has 6 nitrogen and oxygen atoms in total. The van der Waals surface area contributed by atoms with E-state index < -0.39 is 29.5 Å². The molecule has 2 aromatic rings. The Morgan fingerprint density at radius 1 is 1.10 bits per heavy atom. The quantitative estimate of drug-likeness (QED) is 0.821. The van der Waals surface area contributed by atoms with Gasteiger partial charge in [-0.2, -0.15) is 13.2 Å². The highest BCUT2D eigenvalue weighted by atomic mass is 19.4. The van der Waals surface area contributed by atoms with Gasteiger partial charge in [-0.15, -0.1) is 0 Å². The smallest absolute Gasteiger partial charge is 0.355 e. The van der Waals surface area contributed by atoms with Crippen LogP contribution in [0.15, 0.2) is 48.5 Å². The second-order valence-electron chi connectivity index (χ2n) is 6.57. The molecule has 2 aromatic carbocycles. The van der Waals surface area contributed by atoms with E-state index in [1.165, 1.54) is 24.1 Å². The summed E-state index contributed by atoms with van der Waals surface area (Å²) >= 11 is 0. The highest BCUT2D eigenvalue weighted by Gasteiger charge is 2.37. The third kappa shape index (κ3) is 4.39. The number of halogens is 3. The molecule has 1 aliphatic heterocycles. The number of para-hydroxylation sites is 1. The zero-order chi connectivity index (χ0) is 21.2. The summed E-state index contributed by atoms with van der Waals surface area (Å²) in [6.45, 7) is -0.0475. The maximum Gasteiger partial charge on any atom is 0.416 e. The number of nitrogens with one attached hydrogen (secondary N) is 2. The Bertz CT molecular complexity index is 959. The third-order valence-electron chi connectivity index (χ3n) is 4.64. The maximum absolute atomic E-state index is 12.9. The Morgan fingerprint density at radius 3 is 2.52 bits per heavy atom. The number of hydrogen-bond acceptors (Lipinski definition) is 3. The van der Waals surface area contributed by atoms with Crippen molar-refractivity contribution in [1.29, 1.82) is 0 Å². The number of carbonyl (C=O) groups excluding carboxylic acids is 3. The van der Waals surface area contributed by atoms with E-state index in [1.807, 2.05) is 0 Å². The molecule has 1 saturated heterocycles. The first-order chi connectivity index (χ1) is 13.7. The van der Waals surface area contributed by atoms with E-state index in [2.05, 4.69) is 10.6 Å². The van der Waals surface area contributed by atoms with Gasteiger partial charge < -0.3 is 15.5 Å². The van der Waals surface area contributed by atoms with Gasteiger partial charge in [0.2, 0.25) is 11.8 Å². The SMILES string of the molecule is CNC(=O)c1ccccc1NC(=O)[C@@H]1CC(=O)N(c2cccc(C(F)(F)F)c2)C1. The zero-order valence-corrected chi connectivity index (χ0v) is 15.4. The minimum atomic E-state index is -4.53. The molecular weight excluding hydrogens is 387 g/mol. The third-order valence-corrected chi connectivity index (χ3v) is 4.64. The first-order valence-electron chi connectivity index (χ1n) is 8.80. The van der Waals surface area contributed by atoms with Gasteiger partial charge in [0.05, 0.1) is 22.7 Å². The van der Waals surface area contributed by atoms with E-state index in [9.17, 15) is 27.6 Å². The van der Waals surface area contributed by atoms with Crippen LogP contribution >= 0.6 is 0 Å². The van der Waals surface area contributed by atoms with Gasteiger partial charge in [-0.1, -0.05) is 18.2 Å². The lowest BCUT2D eigenvalue weighted by Gasteiger charge is -2.18. The fourth-order valence-corrected chi connectivity index (χ4v) is 3.14. The summed E-state index contributed by atoms with van der Waals surface area (Å²) < 4.78 is 38.8. The van der Waals surface area contributed by atoms with Crippen molar-refractivity contribution < 1.29 is 27.6 Å². The minimum absolute atomic E-state index is 0.0475. The fraction of sp³-hybridized carbons (Fsp3) is 0.250. The summed E-state index contributed by atoms with van der Waals surface area (Å²) in [4.78, 5) is 38.0. The molecule has 2 N–H and O–H groups in total. The van der Waals surface area contributed by atoms with Crippen LogP contribution in [0.5, 0.6) is 0 Å². The molecule has 0 spiro atoms. The Kier molecular flexibility index (Phi) is 5.58. The summed E-state index contributed by atoms with van der Waals surface area (Å²) in [5.41, 5.74) is -0.217. The molecule has 0 radical (unpaired) electrons. The summed E-state index contributed by atoms with van der Waals surface area (Å²) in [6.07, 6.45) is -4.66. The normalized spacial score (nSPS) is 16.6. The number of alkyl halides is 3.